The molecule has 0 radical (unpaired) electrons. The number of rotatable bonds is 4. The Kier molecular flexibility index (Phi) is 6.51. The molecule has 0 amide bonds. The first-order valence-corrected chi connectivity index (χ1v) is 12.0. The van der Waals surface area contributed by atoms with Crippen LogP contribution < -0.4 is 0 Å². The second-order valence-electron chi connectivity index (χ2n) is 7.75. The smallest absolute Gasteiger partial charge is 0.236 e. The van der Waals surface area contributed by atoms with Crippen LogP contribution in [0, 0.1) is 6.92 Å². The van der Waals surface area contributed by atoms with Gasteiger partial charge in [0.15, 0.2) is 0 Å². The Morgan fingerprint density at radius 2 is 1.62 bits per heavy atom. The predicted octanol–water partition coefficient (Wildman–Crippen LogP) is 5.80. The molecule has 10 heteroatoms. The molecule has 0 saturated carbocycles. The third-order valence-corrected chi connectivity index (χ3v) is 7.01. The van der Waals surface area contributed by atoms with Gasteiger partial charge in [-0.15, -0.1) is 4.40 Å². The Morgan fingerprint density at radius 1 is 1.00 bits per heavy atom. The van der Waals surface area contributed by atoms with Crippen molar-refractivity contribution in [2.24, 2.45) is 9.50 Å². The minimum Gasteiger partial charge on any atom is -0.236 e. The van der Waals surface area contributed by atoms with E-state index in [9.17, 15) is 21.6 Å². The van der Waals surface area contributed by atoms with E-state index in [0.717, 1.165) is 28.8 Å². The van der Waals surface area contributed by atoms with E-state index in [0.29, 0.717) is 17.8 Å². The zero-order chi connectivity index (χ0) is 24.5. The topological polar surface area (TPSA) is 62.1 Å². The lowest BCUT2D eigenvalue weighted by molar-refractivity contribution is -0.137. The van der Waals surface area contributed by atoms with E-state index in [2.05, 4.69) is 9.50 Å². The van der Waals surface area contributed by atoms with Crippen molar-refractivity contribution in [2.45, 2.75) is 23.9 Å². The molecule has 1 aliphatic rings. The van der Waals surface area contributed by atoms with Crippen LogP contribution in [0.2, 0.25) is 0 Å². The fourth-order valence-corrected chi connectivity index (χ4v) is 4.82. The lowest BCUT2D eigenvalue weighted by Gasteiger charge is -2.15. The molecule has 0 fully saturated rings. The molecule has 34 heavy (non-hydrogen) atoms. The Hall–Kier alpha value is -3.17. The largest absolute Gasteiger partial charge is 0.416 e. The minimum atomic E-state index is -4.58. The van der Waals surface area contributed by atoms with Crippen molar-refractivity contribution >= 4 is 32.6 Å². The van der Waals surface area contributed by atoms with E-state index in [4.69, 9.17) is 11.6 Å². The summed E-state index contributed by atoms with van der Waals surface area (Å²) in [4.78, 5) is -0.403. The molecule has 0 bridgehead atoms. The highest BCUT2D eigenvalue weighted by Gasteiger charge is 2.33. The molecule has 1 heterocycles. The summed E-state index contributed by atoms with van der Waals surface area (Å²) in [5.41, 5.74) is 2.65. The molecule has 0 aromatic heterocycles. The van der Waals surface area contributed by atoms with E-state index < -0.39 is 32.0 Å². The minimum absolute atomic E-state index is 0.193. The highest BCUT2D eigenvalue weighted by molar-refractivity contribution is 7.90. The Bertz CT molecular complexity index is 1340. The van der Waals surface area contributed by atoms with Gasteiger partial charge in [-0.1, -0.05) is 60.2 Å². The molecule has 3 aromatic rings. The van der Waals surface area contributed by atoms with Crippen molar-refractivity contribution in [3.05, 3.63) is 101 Å². The van der Waals surface area contributed by atoms with Gasteiger partial charge in [0.1, 0.15) is 0 Å². The first kappa shape index (κ1) is 24.0. The van der Waals surface area contributed by atoms with Crippen LogP contribution in [0.3, 0.4) is 0 Å². The third-order valence-electron chi connectivity index (χ3n) is 5.35. The van der Waals surface area contributed by atoms with Gasteiger partial charge in [0.2, 0.25) is 5.29 Å². The maximum atomic E-state index is 12.8. The van der Waals surface area contributed by atoms with Crippen LogP contribution in [0.5, 0.6) is 0 Å². The van der Waals surface area contributed by atoms with Crippen LogP contribution in [0.25, 0.3) is 0 Å². The second kappa shape index (κ2) is 9.23. The second-order valence-corrected chi connectivity index (χ2v) is 9.70. The predicted molar refractivity (Wildman–Crippen MR) is 126 cm³/mol. The van der Waals surface area contributed by atoms with Crippen LogP contribution in [-0.4, -0.2) is 31.0 Å². The number of halogens is 4. The van der Waals surface area contributed by atoms with E-state index in [1.807, 2.05) is 61.5 Å². The van der Waals surface area contributed by atoms with Gasteiger partial charge in [0.25, 0.3) is 10.0 Å². The van der Waals surface area contributed by atoms with Crippen molar-refractivity contribution in [3.8, 4) is 0 Å². The van der Waals surface area contributed by atoms with Crippen LogP contribution in [0.1, 0.15) is 28.2 Å². The zero-order valence-electron chi connectivity index (χ0n) is 17.9. The van der Waals surface area contributed by atoms with E-state index in [-0.39, 0.29) is 12.5 Å². The quantitative estimate of drug-likeness (QED) is 0.256. The average molecular weight is 506 g/mol. The number of amidine groups is 1. The van der Waals surface area contributed by atoms with Crippen molar-refractivity contribution in [3.63, 3.8) is 0 Å². The average Bonchev–Trinajstić information content (AvgIpc) is 3.25. The maximum absolute atomic E-state index is 12.8. The molecular formula is C24H19ClF3N3O2S. The summed E-state index contributed by atoms with van der Waals surface area (Å²) in [5, 5.41) is 5.43. The SMILES string of the molecule is Cc1ccc(C2=NN(/C(Cl)=N/S(=O)(=O)c3ccc(C(F)(F)F)cc3)CC2c2ccccc2)cc1. The van der Waals surface area contributed by atoms with E-state index in [1.165, 1.54) is 5.01 Å². The summed E-state index contributed by atoms with van der Waals surface area (Å²) in [7, 11) is -4.35. The summed E-state index contributed by atoms with van der Waals surface area (Å²) in [5.74, 6) is -0.193. The molecule has 1 atom stereocenters. The Morgan fingerprint density at radius 3 is 2.21 bits per heavy atom. The van der Waals surface area contributed by atoms with E-state index >= 15 is 0 Å². The van der Waals surface area contributed by atoms with Gasteiger partial charge < -0.3 is 0 Å². The summed E-state index contributed by atoms with van der Waals surface area (Å²) >= 11 is 6.27. The number of aryl methyl sites for hydroxylation is 1. The molecule has 1 unspecified atom stereocenters. The van der Waals surface area contributed by atoms with Crippen LogP contribution >= 0.6 is 11.6 Å². The van der Waals surface area contributed by atoms with Crippen LogP contribution in [0.4, 0.5) is 13.2 Å². The first-order chi connectivity index (χ1) is 16.0. The normalized spacial score (nSPS) is 17.1. The highest BCUT2D eigenvalue weighted by Crippen LogP contribution is 2.31. The van der Waals surface area contributed by atoms with Gasteiger partial charge in [0, 0.05) is 5.92 Å². The molecule has 0 spiro atoms. The van der Waals surface area contributed by atoms with Crippen molar-refractivity contribution in [1.29, 1.82) is 0 Å². The van der Waals surface area contributed by atoms with Crippen LogP contribution in [0.15, 0.2) is 93.3 Å². The molecule has 3 aromatic carbocycles. The molecule has 5 nitrogen and oxygen atoms in total. The van der Waals surface area contributed by atoms with Gasteiger partial charge in [0.05, 0.1) is 22.7 Å². The third kappa shape index (κ3) is 5.15. The number of hydrazone groups is 1. The summed E-state index contributed by atoms with van der Waals surface area (Å²) in [6.45, 7) is 2.22. The molecule has 1 aliphatic heterocycles. The first-order valence-electron chi connectivity index (χ1n) is 10.2. The monoisotopic (exact) mass is 505 g/mol. The van der Waals surface area contributed by atoms with E-state index in [1.54, 1.807) is 0 Å². The lowest BCUT2D eigenvalue weighted by atomic mass is 9.90. The Balaban J connectivity index is 1.66. The van der Waals surface area contributed by atoms with Gasteiger partial charge in [-0.25, -0.2) is 5.01 Å². The van der Waals surface area contributed by atoms with Gasteiger partial charge in [-0.3, -0.25) is 0 Å². The number of benzene rings is 3. The zero-order valence-corrected chi connectivity index (χ0v) is 19.4. The number of nitrogens with zero attached hydrogens (tertiary/aromatic N) is 3. The van der Waals surface area contributed by atoms with Gasteiger partial charge in [-0.2, -0.15) is 26.7 Å². The summed E-state index contributed by atoms with van der Waals surface area (Å²) in [6.07, 6.45) is -4.58. The van der Waals surface area contributed by atoms with Crippen LogP contribution in [-0.2, 0) is 16.2 Å². The van der Waals surface area contributed by atoms with Crippen molar-refractivity contribution in [1.82, 2.24) is 5.01 Å². The standard InChI is InChI=1S/C24H19ClF3N3O2S/c1-16-7-9-18(10-8-16)22-21(17-5-3-2-4-6-17)15-31(29-22)23(25)30-34(32,33)20-13-11-19(12-14-20)24(26,27)28/h2-14,21H,15H2,1H3/b30-23+. The molecule has 0 saturated heterocycles. The maximum Gasteiger partial charge on any atom is 0.416 e. The van der Waals surface area contributed by atoms with Crippen molar-refractivity contribution in [2.75, 3.05) is 6.54 Å². The molecule has 176 valence electrons. The highest BCUT2D eigenvalue weighted by atomic mass is 35.5. The van der Waals surface area contributed by atoms with Gasteiger partial charge in [-0.05, 0) is 53.9 Å². The number of hydrogen-bond donors (Lipinski definition) is 0. The molecule has 0 N–H and O–H groups in total. The summed E-state index contributed by atoms with van der Waals surface area (Å²) < 4.78 is 67.3. The number of sulfonamides is 1. The Labute approximate surface area is 200 Å². The molecule has 4 rings (SSSR count). The number of hydrogen-bond acceptors (Lipinski definition) is 3. The fourth-order valence-electron chi connectivity index (χ4n) is 3.56. The number of alkyl halides is 3. The fraction of sp³-hybridized carbons (Fsp3) is 0.167. The van der Waals surface area contributed by atoms with Crippen molar-refractivity contribution < 1.29 is 21.6 Å². The lowest BCUT2D eigenvalue weighted by Crippen LogP contribution is -2.23. The molecular weight excluding hydrogens is 487 g/mol. The van der Waals surface area contributed by atoms with Gasteiger partial charge >= 0.3 is 6.18 Å². The molecule has 0 aliphatic carbocycles. The summed E-state index contributed by atoms with van der Waals surface area (Å²) in [6, 6.07) is 20.4.